The van der Waals surface area contributed by atoms with Crippen molar-refractivity contribution in [2.24, 2.45) is 0 Å². The molecule has 3 aromatic rings. The summed E-state index contributed by atoms with van der Waals surface area (Å²) < 4.78 is 11.2. The molecule has 2 heterocycles. The third-order valence-corrected chi connectivity index (χ3v) is 4.88. The average molecular weight is 417 g/mol. The predicted molar refractivity (Wildman–Crippen MR) is 112 cm³/mol. The van der Waals surface area contributed by atoms with E-state index in [2.05, 4.69) is 4.98 Å². The molecule has 0 saturated carbocycles. The fraction of sp³-hybridized carbons (Fsp3) is 0.125. The number of ether oxygens (including phenoxy) is 2. The van der Waals surface area contributed by atoms with Gasteiger partial charge in [0.1, 0.15) is 34.7 Å². The lowest BCUT2D eigenvalue weighted by Crippen LogP contribution is -2.20. The first kappa shape index (κ1) is 20.2. The van der Waals surface area contributed by atoms with Crippen molar-refractivity contribution in [1.82, 2.24) is 4.98 Å². The van der Waals surface area contributed by atoms with E-state index in [1.807, 2.05) is 0 Å². The van der Waals surface area contributed by atoms with Crippen LogP contribution in [0.4, 0.5) is 0 Å². The molecule has 7 nitrogen and oxygen atoms in total. The Labute approximate surface area is 178 Å². The topological polar surface area (TPSA) is 106 Å². The lowest BCUT2D eigenvalue weighted by Gasteiger charge is -2.26. The van der Waals surface area contributed by atoms with Crippen LogP contribution < -0.4 is 9.47 Å². The highest BCUT2D eigenvalue weighted by molar-refractivity contribution is 6.03. The molecule has 0 bridgehead atoms. The van der Waals surface area contributed by atoms with Gasteiger partial charge in [-0.05, 0) is 42.3 Å². The minimum Gasteiger partial charge on any atom is -0.508 e. The van der Waals surface area contributed by atoms with Gasteiger partial charge in [-0.15, -0.1) is 0 Å². The van der Waals surface area contributed by atoms with Crippen molar-refractivity contribution in [3.05, 3.63) is 83.2 Å². The molecule has 0 fully saturated rings. The minimum atomic E-state index is -0.674. The summed E-state index contributed by atoms with van der Waals surface area (Å²) in [6, 6.07) is 12.9. The van der Waals surface area contributed by atoms with Gasteiger partial charge in [-0.2, -0.15) is 0 Å². The van der Waals surface area contributed by atoms with Crippen molar-refractivity contribution >= 4 is 17.8 Å². The second kappa shape index (κ2) is 8.31. The number of nitrogens with zero attached hydrogens (tertiary/aromatic N) is 1. The lowest BCUT2D eigenvalue weighted by molar-refractivity contribution is -0.128. The van der Waals surface area contributed by atoms with Crippen LogP contribution in [0.5, 0.6) is 23.0 Å². The summed E-state index contributed by atoms with van der Waals surface area (Å²) in [6.45, 7) is 1.77. The molecular weight excluding hydrogens is 398 g/mol. The number of hydrogen-bond acceptors (Lipinski definition) is 7. The van der Waals surface area contributed by atoms with Gasteiger partial charge in [0.2, 0.25) is 0 Å². The number of hydrogen-bond donors (Lipinski definition) is 2. The summed E-state index contributed by atoms with van der Waals surface area (Å²) in [5, 5.41) is 20.3. The maximum atomic E-state index is 12.6. The van der Waals surface area contributed by atoms with E-state index in [-0.39, 0.29) is 40.8 Å². The van der Waals surface area contributed by atoms with E-state index < -0.39 is 12.1 Å². The van der Waals surface area contributed by atoms with Gasteiger partial charge in [-0.25, -0.2) is 4.79 Å². The van der Waals surface area contributed by atoms with Gasteiger partial charge in [-0.1, -0.05) is 18.2 Å². The van der Waals surface area contributed by atoms with Crippen molar-refractivity contribution < 1.29 is 29.3 Å². The third-order valence-electron chi connectivity index (χ3n) is 4.88. The maximum Gasteiger partial charge on any atom is 0.336 e. The number of carbonyl (C=O) groups excluding carboxylic acids is 2. The second-order valence-corrected chi connectivity index (χ2v) is 7.10. The molecule has 0 unspecified atom stereocenters. The highest BCUT2D eigenvalue weighted by atomic mass is 16.5. The van der Waals surface area contributed by atoms with Crippen LogP contribution in [0, 0.1) is 6.92 Å². The average Bonchev–Trinajstić information content (AvgIpc) is 2.74. The Morgan fingerprint density at radius 3 is 2.74 bits per heavy atom. The molecule has 0 saturated heterocycles. The molecule has 0 aliphatic carbocycles. The van der Waals surface area contributed by atoms with Crippen LogP contribution in [0.2, 0.25) is 0 Å². The number of fused-ring (bicyclic) bond motifs is 1. The number of benzene rings is 2. The van der Waals surface area contributed by atoms with Crippen molar-refractivity contribution in [2.45, 2.75) is 19.4 Å². The molecular formula is C24H19NO6. The first-order chi connectivity index (χ1) is 14.9. The number of pyridine rings is 1. The normalized spacial score (nSPS) is 15.4. The van der Waals surface area contributed by atoms with Crippen molar-refractivity contribution in [3.63, 3.8) is 0 Å². The van der Waals surface area contributed by atoms with Crippen LogP contribution in [0.1, 0.15) is 39.7 Å². The zero-order chi connectivity index (χ0) is 22.0. The smallest absolute Gasteiger partial charge is 0.336 e. The van der Waals surface area contributed by atoms with Crippen LogP contribution >= 0.6 is 0 Å². The number of esters is 1. The molecule has 1 atom stereocenters. The van der Waals surface area contributed by atoms with Crippen LogP contribution in [0.25, 0.3) is 6.08 Å². The van der Waals surface area contributed by atoms with Gasteiger partial charge < -0.3 is 19.7 Å². The standard InChI is InChI=1S/C24H19NO6/c1-14-5-6-15(10-18(14)26)21-13-20(28)24-19(27)11-17(12-22(24)31-21)30-23(29)8-7-16-4-2-3-9-25-16/h2-12,21,26-27H,13H2,1H3/b8-7+/t21-/m0/s1. The van der Waals surface area contributed by atoms with E-state index in [0.29, 0.717) is 16.8 Å². The molecule has 1 aliphatic rings. The Morgan fingerprint density at radius 2 is 2.00 bits per heavy atom. The zero-order valence-electron chi connectivity index (χ0n) is 16.6. The summed E-state index contributed by atoms with van der Waals surface area (Å²) in [7, 11) is 0. The van der Waals surface area contributed by atoms with Gasteiger partial charge in [0.25, 0.3) is 0 Å². The van der Waals surface area contributed by atoms with E-state index in [1.165, 1.54) is 24.3 Å². The molecule has 31 heavy (non-hydrogen) atoms. The first-order valence-corrected chi connectivity index (χ1v) is 9.58. The molecule has 2 aromatic carbocycles. The Kier molecular flexibility index (Phi) is 5.41. The molecule has 4 rings (SSSR count). The number of carbonyl (C=O) groups is 2. The van der Waals surface area contributed by atoms with Gasteiger partial charge in [0.15, 0.2) is 5.78 Å². The van der Waals surface area contributed by atoms with E-state index in [4.69, 9.17) is 9.47 Å². The number of Topliss-reactive ketones (excluding diaryl/α,β-unsaturated/α-hetero) is 1. The quantitative estimate of drug-likeness (QED) is 0.373. The van der Waals surface area contributed by atoms with E-state index >= 15 is 0 Å². The number of rotatable bonds is 4. The number of phenols is 2. The molecule has 1 aliphatic heterocycles. The fourth-order valence-electron chi connectivity index (χ4n) is 3.26. The Balaban J connectivity index is 1.56. The fourth-order valence-corrected chi connectivity index (χ4v) is 3.26. The number of aromatic hydroxyl groups is 2. The van der Waals surface area contributed by atoms with E-state index in [1.54, 1.807) is 49.5 Å². The van der Waals surface area contributed by atoms with Crippen LogP contribution in [0.3, 0.4) is 0 Å². The summed E-state index contributed by atoms with van der Waals surface area (Å²) in [5.74, 6) is -1.07. The van der Waals surface area contributed by atoms with Gasteiger partial charge in [-0.3, -0.25) is 9.78 Å². The molecule has 156 valence electrons. The number of phenolic OH excluding ortho intramolecular Hbond substituents is 2. The van der Waals surface area contributed by atoms with Gasteiger partial charge >= 0.3 is 5.97 Å². The summed E-state index contributed by atoms with van der Waals surface area (Å²) >= 11 is 0. The van der Waals surface area contributed by atoms with Crippen LogP contribution in [-0.4, -0.2) is 26.9 Å². The van der Waals surface area contributed by atoms with Crippen molar-refractivity contribution in [1.29, 1.82) is 0 Å². The first-order valence-electron chi connectivity index (χ1n) is 9.58. The molecule has 0 spiro atoms. The predicted octanol–water partition coefficient (Wildman–Crippen LogP) is 4.13. The minimum absolute atomic E-state index is 0.00894. The number of aromatic nitrogens is 1. The third kappa shape index (κ3) is 4.40. The number of ketones is 1. The highest BCUT2D eigenvalue weighted by Crippen LogP contribution is 2.42. The largest absolute Gasteiger partial charge is 0.508 e. The van der Waals surface area contributed by atoms with E-state index in [9.17, 15) is 19.8 Å². The van der Waals surface area contributed by atoms with Crippen LogP contribution in [-0.2, 0) is 4.79 Å². The van der Waals surface area contributed by atoms with E-state index in [0.717, 1.165) is 0 Å². The van der Waals surface area contributed by atoms with Gasteiger partial charge in [0.05, 0.1) is 12.1 Å². The molecule has 2 N–H and O–H groups in total. The van der Waals surface area contributed by atoms with Crippen molar-refractivity contribution in [3.8, 4) is 23.0 Å². The Morgan fingerprint density at radius 1 is 1.16 bits per heavy atom. The van der Waals surface area contributed by atoms with Crippen LogP contribution in [0.15, 0.2) is 60.8 Å². The summed E-state index contributed by atoms with van der Waals surface area (Å²) in [6.07, 6.45) is 3.68. The molecule has 0 radical (unpaired) electrons. The maximum absolute atomic E-state index is 12.6. The zero-order valence-corrected chi connectivity index (χ0v) is 16.6. The summed E-state index contributed by atoms with van der Waals surface area (Å²) in [4.78, 5) is 28.8. The molecule has 1 aromatic heterocycles. The van der Waals surface area contributed by atoms with Crippen molar-refractivity contribution in [2.75, 3.05) is 0 Å². The lowest BCUT2D eigenvalue weighted by atomic mass is 9.95. The Bertz CT molecular complexity index is 1190. The highest BCUT2D eigenvalue weighted by Gasteiger charge is 2.31. The SMILES string of the molecule is Cc1ccc([C@@H]2CC(=O)c3c(O)cc(OC(=O)/C=C/c4ccccn4)cc3O2)cc1O. The van der Waals surface area contributed by atoms with Gasteiger partial charge in [0, 0.05) is 24.4 Å². The number of aryl methyl sites for hydroxylation is 1. The molecule has 0 amide bonds. The Hall–Kier alpha value is -4.13. The summed E-state index contributed by atoms with van der Waals surface area (Å²) in [5.41, 5.74) is 1.96. The monoisotopic (exact) mass is 417 g/mol. The second-order valence-electron chi connectivity index (χ2n) is 7.10. The molecule has 7 heteroatoms.